The number of nitrogens with one attached hydrogen (secondary N) is 2. The molecule has 0 fully saturated rings. The number of benzene rings is 2. The van der Waals surface area contributed by atoms with E-state index in [2.05, 4.69) is 10.6 Å². The van der Waals surface area contributed by atoms with Gasteiger partial charge in [-0.3, -0.25) is 4.79 Å². The summed E-state index contributed by atoms with van der Waals surface area (Å²) < 4.78 is 27.2. The van der Waals surface area contributed by atoms with Crippen molar-refractivity contribution in [2.75, 3.05) is 10.6 Å². The second-order valence-corrected chi connectivity index (χ2v) is 4.85. The van der Waals surface area contributed by atoms with Crippen molar-refractivity contribution in [2.24, 2.45) is 0 Å². The summed E-state index contributed by atoms with van der Waals surface area (Å²) in [6, 6.07) is 11.2. The first-order valence-electron chi connectivity index (χ1n) is 6.15. The molecule has 2 N–H and O–H groups in total. The lowest BCUT2D eigenvalue weighted by atomic mass is 9.88. The van der Waals surface area contributed by atoms with Crippen molar-refractivity contribution in [2.45, 2.75) is 12.5 Å². The van der Waals surface area contributed by atoms with Gasteiger partial charge >= 0.3 is 0 Å². The van der Waals surface area contributed by atoms with Crippen molar-refractivity contribution < 1.29 is 13.6 Å². The van der Waals surface area contributed by atoms with Crippen molar-refractivity contribution in [3.05, 3.63) is 59.7 Å². The van der Waals surface area contributed by atoms with Crippen molar-refractivity contribution in [3.8, 4) is 0 Å². The summed E-state index contributed by atoms with van der Waals surface area (Å²) in [7, 11) is 0. The summed E-state index contributed by atoms with van der Waals surface area (Å²) in [5, 5.41) is 5.43. The van der Waals surface area contributed by atoms with Crippen molar-refractivity contribution in [1.82, 2.24) is 0 Å². The molecule has 0 aliphatic carbocycles. The minimum absolute atomic E-state index is 0.0315. The second kappa shape index (κ2) is 4.30. The molecule has 0 bridgehead atoms. The van der Waals surface area contributed by atoms with Crippen LogP contribution >= 0.6 is 0 Å². The first-order valence-corrected chi connectivity index (χ1v) is 6.15. The zero-order chi connectivity index (χ0) is 14.3. The molecular weight excluding hydrogens is 262 g/mol. The van der Waals surface area contributed by atoms with Crippen molar-refractivity contribution >= 4 is 17.3 Å². The molecule has 0 saturated heterocycles. The molecule has 3 nitrogen and oxygen atoms in total. The predicted molar refractivity (Wildman–Crippen MR) is 72.4 cm³/mol. The molecule has 0 saturated carbocycles. The van der Waals surface area contributed by atoms with Crippen LogP contribution in [0, 0.1) is 11.6 Å². The van der Waals surface area contributed by atoms with Crippen LogP contribution < -0.4 is 10.6 Å². The Morgan fingerprint density at radius 1 is 1.05 bits per heavy atom. The lowest BCUT2D eigenvalue weighted by Gasteiger charge is -2.36. The second-order valence-electron chi connectivity index (χ2n) is 4.85. The van der Waals surface area contributed by atoms with E-state index in [0.717, 1.165) is 6.07 Å². The molecule has 5 heteroatoms. The van der Waals surface area contributed by atoms with Crippen molar-refractivity contribution in [3.63, 3.8) is 0 Å². The SMILES string of the molecule is CC1(c2ccccc2)Nc2c(ccc(F)c2F)NC1=O. The number of halogens is 2. The van der Waals surface area contributed by atoms with Crippen molar-refractivity contribution in [1.29, 1.82) is 0 Å². The first kappa shape index (κ1) is 12.6. The number of fused-ring (bicyclic) bond motifs is 1. The van der Waals surface area contributed by atoms with Crippen LogP contribution in [0.4, 0.5) is 20.2 Å². The van der Waals surface area contributed by atoms with E-state index in [1.807, 2.05) is 6.07 Å². The van der Waals surface area contributed by atoms with Gasteiger partial charge < -0.3 is 10.6 Å². The molecule has 0 aromatic heterocycles. The number of carbonyl (C=O) groups is 1. The standard InChI is InChI=1S/C15H12F2N2O/c1-15(9-5-3-2-4-6-9)14(20)18-11-8-7-10(16)12(17)13(11)19-15/h2-8,19H,1H3,(H,18,20). The van der Waals surface area contributed by atoms with Crippen LogP contribution in [0.1, 0.15) is 12.5 Å². The van der Waals surface area contributed by atoms with Crippen LogP contribution in [0.5, 0.6) is 0 Å². The van der Waals surface area contributed by atoms with Gasteiger partial charge in [0.25, 0.3) is 5.91 Å². The third-order valence-electron chi connectivity index (χ3n) is 3.52. The zero-order valence-electron chi connectivity index (χ0n) is 10.7. The molecule has 1 atom stereocenters. The number of carbonyl (C=O) groups excluding carboxylic acids is 1. The Balaban J connectivity index is 2.13. The topological polar surface area (TPSA) is 41.1 Å². The predicted octanol–water partition coefficient (Wildman–Crippen LogP) is 3.24. The number of anilines is 2. The molecule has 1 aliphatic heterocycles. The van der Waals surface area contributed by atoms with Crippen LogP contribution in [0.3, 0.4) is 0 Å². The molecular formula is C15H12F2N2O. The highest BCUT2D eigenvalue weighted by atomic mass is 19.2. The zero-order valence-corrected chi connectivity index (χ0v) is 10.7. The van der Waals surface area contributed by atoms with E-state index < -0.39 is 17.2 Å². The third-order valence-corrected chi connectivity index (χ3v) is 3.52. The fourth-order valence-electron chi connectivity index (χ4n) is 2.31. The average molecular weight is 274 g/mol. The fourth-order valence-corrected chi connectivity index (χ4v) is 2.31. The third kappa shape index (κ3) is 1.74. The largest absolute Gasteiger partial charge is 0.364 e. The Kier molecular flexibility index (Phi) is 2.71. The molecule has 1 unspecified atom stereocenters. The van der Waals surface area contributed by atoms with Gasteiger partial charge in [0.2, 0.25) is 0 Å². The van der Waals surface area contributed by atoms with Gasteiger partial charge in [-0.1, -0.05) is 30.3 Å². The van der Waals surface area contributed by atoms with Gasteiger partial charge in [-0.2, -0.15) is 0 Å². The normalized spacial score (nSPS) is 20.9. The first-order chi connectivity index (χ1) is 9.52. The van der Waals surface area contributed by atoms with E-state index in [4.69, 9.17) is 0 Å². The van der Waals surface area contributed by atoms with Gasteiger partial charge in [0, 0.05) is 0 Å². The highest BCUT2D eigenvalue weighted by molar-refractivity contribution is 6.06. The monoisotopic (exact) mass is 274 g/mol. The van der Waals surface area contributed by atoms with Crippen LogP contribution in [0.2, 0.25) is 0 Å². The molecule has 2 aromatic rings. The number of hydrogen-bond acceptors (Lipinski definition) is 2. The summed E-state index contributed by atoms with van der Waals surface area (Å²) in [5.41, 5.74) is -0.270. The Bertz CT molecular complexity index is 688. The molecule has 2 aromatic carbocycles. The van der Waals surface area contributed by atoms with Crippen LogP contribution in [-0.2, 0) is 10.3 Å². The highest BCUT2D eigenvalue weighted by Crippen LogP contribution is 2.38. The summed E-state index contributed by atoms with van der Waals surface area (Å²) >= 11 is 0. The Labute approximate surface area is 114 Å². The maximum absolute atomic E-state index is 13.9. The summed E-state index contributed by atoms with van der Waals surface area (Å²) in [5.74, 6) is -2.27. The van der Waals surface area contributed by atoms with Gasteiger partial charge in [-0.15, -0.1) is 0 Å². The molecule has 1 heterocycles. The number of rotatable bonds is 1. The smallest absolute Gasteiger partial charge is 0.254 e. The van der Waals surface area contributed by atoms with Gasteiger partial charge in [0.15, 0.2) is 11.6 Å². The van der Waals surface area contributed by atoms with Gasteiger partial charge in [0.1, 0.15) is 5.54 Å². The molecule has 102 valence electrons. The van der Waals surface area contributed by atoms with Crippen LogP contribution in [0.25, 0.3) is 0 Å². The Morgan fingerprint density at radius 3 is 2.45 bits per heavy atom. The maximum atomic E-state index is 13.9. The molecule has 0 spiro atoms. The van der Waals surface area contributed by atoms with E-state index >= 15 is 0 Å². The Morgan fingerprint density at radius 2 is 1.75 bits per heavy atom. The maximum Gasteiger partial charge on any atom is 0.254 e. The minimum Gasteiger partial charge on any atom is -0.364 e. The summed E-state index contributed by atoms with van der Waals surface area (Å²) in [6.07, 6.45) is 0. The average Bonchev–Trinajstić information content (AvgIpc) is 2.46. The van der Waals surface area contributed by atoms with E-state index in [-0.39, 0.29) is 17.3 Å². The summed E-state index contributed by atoms with van der Waals surface area (Å²) in [4.78, 5) is 12.3. The highest BCUT2D eigenvalue weighted by Gasteiger charge is 2.40. The fraction of sp³-hybridized carbons (Fsp3) is 0.133. The lowest BCUT2D eigenvalue weighted by molar-refractivity contribution is -0.120. The van der Waals surface area contributed by atoms with E-state index in [0.29, 0.717) is 5.56 Å². The summed E-state index contributed by atoms with van der Waals surface area (Å²) in [6.45, 7) is 1.63. The van der Waals surface area contributed by atoms with Gasteiger partial charge in [-0.25, -0.2) is 8.78 Å². The molecule has 1 amide bonds. The quantitative estimate of drug-likeness (QED) is 0.838. The Hall–Kier alpha value is -2.43. The van der Waals surface area contributed by atoms with E-state index in [1.54, 1.807) is 31.2 Å². The minimum atomic E-state index is -1.15. The van der Waals surface area contributed by atoms with Crippen LogP contribution in [0.15, 0.2) is 42.5 Å². The van der Waals surface area contributed by atoms with Gasteiger partial charge in [0.05, 0.1) is 11.4 Å². The van der Waals surface area contributed by atoms with E-state index in [9.17, 15) is 13.6 Å². The molecule has 0 radical (unpaired) electrons. The molecule has 20 heavy (non-hydrogen) atoms. The molecule has 3 rings (SSSR count). The van der Waals surface area contributed by atoms with E-state index in [1.165, 1.54) is 6.07 Å². The number of amides is 1. The number of hydrogen-bond donors (Lipinski definition) is 2. The van der Waals surface area contributed by atoms with Crippen LogP contribution in [-0.4, -0.2) is 5.91 Å². The lowest BCUT2D eigenvalue weighted by Crippen LogP contribution is -2.47. The van der Waals surface area contributed by atoms with Gasteiger partial charge in [-0.05, 0) is 24.6 Å². The molecule has 1 aliphatic rings.